The number of nitrogens with zero attached hydrogens (tertiary/aromatic N) is 2. The first kappa shape index (κ1) is 34.0. The van der Waals surface area contributed by atoms with Crippen LogP contribution in [0.2, 0.25) is 0 Å². The summed E-state index contributed by atoms with van der Waals surface area (Å²) in [4.78, 5) is 51.6. The number of nitro benzene ring substituents is 1. The van der Waals surface area contributed by atoms with Gasteiger partial charge in [-0.2, -0.15) is 5.09 Å². The number of aliphatic hydroxyl groups excluding tert-OH is 1. The van der Waals surface area contributed by atoms with Crippen molar-refractivity contribution >= 4 is 41.4 Å². The van der Waals surface area contributed by atoms with E-state index in [0.29, 0.717) is 0 Å². The lowest BCUT2D eigenvalue weighted by molar-refractivity contribution is -0.384. The van der Waals surface area contributed by atoms with Crippen molar-refractivity contribution < 1.29 is 37.9 Å². The van der Waals surface area contributed by atoms with E-state index in [0.717, 1.165) is 22.3 Å². The molecule has 0 bridgehead atoms. The van der Waals surface area contributed by atoms with E-state index in [-0.39, 0.29) is 30.0 Å². The molecule has 17 heteroatoms. The van der Waals surface area contributed by atoms with Crippen LogP contribution in [0.3, 0.4) is 0 Å². The molecule has 15 nitrogen and oxygen atoms in total. The number of non-ortho nitro benzene ring substituents is 1. The van der Waals surface area contributed by atoms with Gasteiger partial charge >= 0.3 is 19.4 Å². The van der Waals surface area contributed by atoms with Crippen molar-refractivity contribution in [2.24, 2.45) is 0 Å². The van der Waals surface area contributed by atoms with Crippen LogP contribution in [0.25, 0.3) is 6.08 Å². The van der Waals surface area contributed by atoms with Crippen molar-refractivity contribution in [2.75, 3.05) is 6.61 Å². The summed E-state index contributed by atoms with van der Waals surface area (Å²) in [7, 11) is -4.50. The van der Waals surface area contributed by atoms with E-state index in [1.165, 1.54) is 43.2 Å². The molecule has 0 spiro atoms. The van der Waals surface area contributed by atoms with Crippen molar-refractivity contribution in [1.82, 2.24) is 14.6 Å². The lowest BCUT2D eigenvalue weighted by Crippen LogP contribution is -2.47. The molecule has 0 saturated carbocycles. The van der Waals surface area contributed by atoms with Crippen LogP contribution in [0.15, 0.2) is 75.4 Å². The summed E-state index contributed by atoms with van der Waals surface area (Å²) in [5.74, 6) is -0.867. The number of carbonyl (C=O) groups is 1. The monoisotopic (exact) mass is 708 g/mol. The summed E-state index contributed by atoms with van der Waals surface area (Å²) in [6.45, 7) is 2.21. The second-order valence-electron chi connectivity index (χ2n) is 10.4. The molecular weight excluding hydrogens is 679 g/mol. The molecule has 1 fully saturated rings. The number of carbonyl (C=O) groups excluding carboxylic acids is 1. The smallest absolute Gasteiger partial charge is 0.459 e. The van der Waals surface area contributed by atoms with Gasteiger partial charge in [0.05, 0.1) is 23.2 Å². The average Bonchev–Trinajstić information content (AvgIpc) is 3.36. The number of hydrogen-bond donors (Lipinski definition) is 3. The highest BCUT2D eigenvalue weighted by atomic mass is 79.9. The van der Waals surface area contributed by atoms with Gasteiger partial charge in [0.15, 0.2) is 0 Å². The zero-order valence-electron chi connectivity index (χ0n) is 24.0. The Kier molecular flexibility index (Phi) is 10.9. The summed E-state index contributed by atoms with van der Waals surface area (Å²) >= 11 is 3.08. The number of aliphatic hydroxyl groups is 1. The number of halogens is 1. The average molecular weight is 709 g/mol. The van der Waals surface area contributed by atoms with Gasteiger partial charge in [-0.1, -0.05) is 46.3 Å². The molecule has 2 aromatic carbocycles. The Labute approximate surface area is 264 Å². The van der Waals surface area contributed by atoms with E-state index >= 15 is 0 Å². The van der Waals surface area contributed by atoms with Crippen molar-refractivity contribution in [2.45, 2.75) is 50.8 Å². The van der Waals surface area contributed by atoms with Gasteiger partial charge in [0.2, 0.25) is 0 Å². The Balaban J connectivity index is 1.52. The van der Waals surface area contributed by atoms with Crippen LogP contribution in [0.4, 0.5) is 5.69 Å². The third-order valence-electron chi connectivity index (χ3n) is 6.57. The number of esters is 1. The SMILES string of the molecule is CC(C)(NP(=O)(OC[C@H]1O[C@@H](n2cc(/C=C/Br)c(=O)[nH]c2=O)CC1O)Oc1ccc([N+](=O)[O-])cc1)C(=O)OCc1ccccc1. The van der Waals surface area contributed by atoms with Crippen LogP contribution in [-0.2, 0) is 30.0 Å². The lowest BCUT2D eigenvalue weighted by atomic mass is 10.1. The summed E-state index contributed by atoms with van der Waals surface area (Å²) in [5, 5.41) is 24.3. The molecule has 1 aromatic heterocycles. The van der Waals surface area contributed by atoms with E-state index in [1.807, 2.05) is 6.07 Å². The Hall–Kier alpha value is -3.92. The number of aromatic nitrogens is 2. The summed E-state index contributed by atoms with van der Waals surface area (Å²) in [6.07, 6.45) is -0.700. The molecule has 1 saturated heterocycles. The molecule has 4 rings (SSSR count). The molecule has 240 valence electrons. The minimum Gasteiger partial charge on any atom is -0.459 e. The van der Waals surface area contributed by atoms with Crippen LogP contribution in [0.1, 0.15) is 37.6 Å². The molecule has 1 aliphatic rings. The summed E-state index contributed by atoms with van der Waals surface area (Å²) in [6, 6.07) is 13.6. The van der Waals surface area contributed by atoms with Crippen molar-refractivity contribution in [1.29, 1.82) is 0 Å². The maximum absolute atomic E-state index is 14.1. The number of H-pyrrole nitrogens is 1. The molecule has 2 heterocycles. The van der Waals surface area contributed by atoms with Gasteiger partial charge < -0.3 is 19.1 Å². The zero-order valence-corrected chi connectivity index (χ0v) is 26.5. The van der Waals surface area contributed by atoms with Crippen LogP contribution in [-0.4, -0.2) is 49.9 Å². The first-order chi connectivity index (χ1) is 21.3. The fourth-order valence-electron chi connectivity index (χ4n) is 4.25. The quantitative estimate of drug-likeness (QED) is 0.101. The Morgan fingerprint density at radius 1 is 1.24 bits per heavy atom. The minimum atomic E-state index is -4.50. The molecule has 4 atom stereocenters. The fourth-order valence-corrected chi connectivity index (χ4v) is 6.22. The number of rotatable bonds is 13. The standard InChI is InChI=1S/C28H30BrN4O11P/c1-28(2,26(36)41-16-18-6-4-3-5-7-18)31-45(40,44-21-10-8-20(9-11-21)33(38)39)42-17-23-22(34)14-24(43-23)32-15-19(12-13-29)25(35)30-27(32)37/h3-13,15,22-24,34H,14,16-17H2,1-2H3,(H,31,40)(H,30,35,37)/b13-12+/t22?,23-,24-,45?/m1/s1. The zero-order chi connectivity index (χ0) is 32.8. The van der Waals surface area contributed by atoms with Crippen LogP contribution < -0.4 is 20.9 Å². The van der Waals surface area contributed by atoms with Crippen LogP contribution in [0.5, 0.6) is 5.75 Å². The number of aromatic amines is 1. The maximum Gasteiger partial charge on any atom is 0.459 e. The van der Waals surface area contributed by atoms with Gasteiger partial charge in [-0.25, -0.2) is 9.36 Å². The lowest BCUT2D eigenvalue weighted by Gasteiger charge is -2.30. The molecule has 1 aliphatic heterocycles. The van der Waals surface area contributed by atoms with E-state index < -0.39 is 60.5 Å². The first-order valence-corrected chi connectivity index (χ1v) is 15.9. The topological polar surface area (TPSA) is 201 Å². The van der Waals surface area contributed by atoms with Crippen molar-refractivity contribution in [3.05, 3.63) is 108 Å². The largest absolute Gasteiger partial charge is 0.459 e. The van der Waals surface area contributed by atoms with Crippen LogP contribution in [0, 0.1) is 10.1 Å². The van der Waals surface area contributed by atoms with E-state index in [4.69, 9.17) is 18.5 Å². The van der Waals surface area contributed by atoms with Crippen LogP contribution >= 0.6 is 23.7 Å². The highest BCUT2D eigenvalue weighted by Gasteiger charge is 2.43. The van der Waals surface area contributed by atoms with Gasteiger partial charge in [-0.05, 0) is 42.6 Å². The van der Waals surface area contributed by atoms with E-state index in [9.17, 15) is 34.2 Å². The van der Waals surface area contributed by atoms with E-state index in [1.54, 1.807) is 24.3 Å². The van der Waals surface area contributed by atoms with Gasteiger partial charge in [-0.15, -0.1) is 0 Å². The first-order valence-electron chi connectivity index (χ1n) is 13.5. The second-order valence-corrected chi connectivity index (χ2v) is 12.6. The Morgan fingerprint density at radius 2 is 1.93 bits per heavy atom. The molecule has 45 heavy (non-hydrogen) atoms. The Bertz CT molecular complexity index is 1710. The minimum absolute atomic E-state index is 0.0556. The molecule has 0 amide bonds. The third-order valence-corrected chi connectivity index (χ3v) is 8.61. The number of nitro groups is 1. The number of ether oxygens (including phenoxy) is 2. The molecule has 0 aliphatic carbocycles. The second kappa shape index (κ2) is 14.5. The summed E-state index contributed by atoms with van der Waals surface area (Å²) in [5.41, 5.74) is -2.39. The highest BCUT2D eigenvalue weighted by Crippen LogP contribution is 2.47. The van der Waals surface area contributed by atoms with Crippen molar-refractivity contribution in [3.8, 4) is 5.75 Å². The maximum atomic E-state index is 14.1. The molecule has 3 aromatic rings. The third kappa shape index (κ3) is 8.84. The van der Waals surface area contributed by atoms with E-state index in [2.05, 4.69) is 26.0 Å². The number of nitrogens with one attached hydrogen (secondary N) is 2. The predicted molar refractivity (Wildman–Crippen MR) is 165 cm³/mol. The summed E-state index contributed by atoms with van der Waals surface area (Å²) < 4.78 is 37.7. The van der Waals surface area contributed by atoms with Gasteiger partial charge in [0.1, 0.15) is 30.2 Å². The van der Waals surface area contributed by atoms with Gasteiger partial charge in [0.25, 0.3) is 11.2 Å². The normalized spacial score (nSPS) is 19.7. The molecule has 2 unspecified atom stereocenters. The predicted octanol–water partition coefficient (Wildman–Crippen LogP) is 3.77. The number of benzene rings is 2. The number of hydrogen-bond acceptors (Lipinski definition) is 11. The van der Waals surface area contributed by atoms with Gasteiger partial charge in [0, 0.05) is 24.8 Å². The highest BCUT2D eigenvalue weighted by molar-refractivity contribution is 9.11. The van der Waals surface area contributed by atoms with Crippen molar-refractivity contribution in [3.63, 3.8) is 0 Å². The Morgan fingerprint density at radius 3 is 2.58 bits per heavy atom. The van der Waals surface area contributed by atoms with Gasteiger partial charge in [-0.3, -0.25) is 33.8 Å². The molecule has 0 radical (unpaired) electrons. The molecular formula is C28H30BrN4O11P. The fraction of sp³-hybridized carbons (Fsp3) is 0.321. The molecule has 3 N–H and O–H groups in total.